The minimum absolute atomic E-state index is 0.599. The Labute approximate surface area is 89.8 Å². The van der Waals surface area contributed by atoms with Gasteiger partial charge < -0.3 is 19.2 Å². The molecule has 0 aromatic rings. The van der Waals surface area contributed by atoms with Crippen LogP contribution in [0.25, 0.3) is 0 Å². The normalized spacial score (nSPS) is 14.6. The smallest absolute Gasteiger partial charge is 0.272 e. The molecule has 0 bridgehead atoms. The van der Waals surface area contributed by atoms with Crippen molar-refractivity contribution < 1.29 is 13.9 Å². The second-order valence-electron chi connectivity index (χ2n) is 3.50. The predicted molar refractivity (Wildman–Crippen MR) is 60.1 cm³/mol. The summed E-state index contributed by atoms with van der Waals surface area (Å²) < 4.78 is 15.8. The van der Waals surface area contributed by atoms with Crippen LogP contribution in [-0.4, -0.2) is 44.3 Å². The van der Waals surface area contributed by atoms with E-state index in [1.165, 1.54) is 0 Å². The minimum atomic E-state index is -0.811. The average Bonchev–Trinajstić information content (AvgIpc) is 2.21. The molecule has 0 saturated carbocycles. The van der Waals surface area contributed by atoms with Gasteiger partial charge in [-0.25, -0.2) is 0 Å². The van der Waals surface area contributed by atoms with Crippen LogP contribution >= 0.6 is 0 Å². The van der Waals surface area contributed by atoms with Crippen LogP contribution in [0, 0.1) is 5.92 Å². The maximum atomic E-state index is 5.34. The molecular formula is C9H23NO3Si. The Bertz CT molecular complexity index is 134. The van der Waals surface area contributed by atoms with E-state index in [0.717, 1.165) is 19.4 Å². The maximum absolute atomic E-state index is 5.34. The Morgan fingerprint density at radius 3 is 2.29 bits per heavy atom. The summed E-state index contributed by atoms with van der Waals surface area (Å²) in [7, 11) is 5.80. The first kappa shape index (κ1) is 14.1. The van der Waals surface area contributed by atoms with Gasteiger partial charge in [-0.2, -0.15) is 0 Å². The van der Waals surface area contributed by atoms with E-state index in [1.54, 1.807) is 14.2 Å². The van der Waals surface area contributed by atoms with Gasteiger partial charge in [0.25, 0.3) is 5.97 Å². The van der Waals surface area contributed by atoms with Gasteiger partial charge in [-0.1, -0.05) is 6.92 Å². The molecule has 0 saturated heterocycles. The Kier molecular flexibility index (Phi) is 7.39. The molecule has 0 rings (SSSR count). The van der Waals surface area contributed by atoms with Crippen molar-refractivity contribution in [3.63, 3.8) is 0 Å². The van der Waals surface area contributed by atoms with Crippen LogP contribution in [0.2, 0.25) is 0 Å². The van der Waals surface area contributed by atoms with E-state index < -0.39 is 5.97 Å². The number of hydrogen-bond donors (Lipinski definition) is 1. The van der Waals surface area contributed by atoms with E-state index in [-0.39, 0.29) is 0 Å². The monoisotopic (exact) mass is 221 g/mol. The molecule has 14 heavy (non-hydrogen) atoms. The highest BCUT2D eigenvalue weighted by atomic mass is 28.2. The maximum Gasteiger partial charge on any atom is 0.272 e. The fourth-order valence-electron chi connectivity index (χ4n) is 1.43. The molecule has 0 aliphatic rings. The number of nitrogens with one attached hydrogen (secondary N) is 1. The molecule has 0 spiro atoms. The van der Waals surface area contributed by atoms with Gasteiger partial charge in [-0.3, -0.25) is 0 Å². The highest BCUT2D eigenvalue weighted by Crippen LogP contribution is 2.21. The van der Waals surface area contributed by atoms with E-state index in [9.17, 15) is 0 Å². The number of hydrogen-bond acceptors (Lipinski definition) is 4. The zero-order valence-corrected chi connectivity index (χ0v) is 11.9. The molecule has 0 heterocycles. The lowest BCUT2D eigenvalue weighted by Crippen LogP contribution is -2.37. The largest absolute Gasteiger partial charge is 0.380 e. The molecule has 0 aliphatic carbocycles. The van der Waals surface area contributed by atoms with Crippen LogP contribution in [0.5, 0.6) is 0 Å². The van der Waals surface area contributed by atoms with Gasteiger partial charge in [0.15, 0.2) is 10.5 Å². The predicted octanol–water partition coefficient (Wildman–Crippen LogP) is -0.134. The van der Waals surface area contributed by atoms with Crippen LogP contribution in [0.15, 0.2) is 0 Å². The molecule has 0 aromatic heterocycles. The van der Waals surface area contributed by atoms with Crippen molar-refractivity contribution >= 4 is 10.5 Å². The van der Waals surface area contributed by atoms with Gasteiger partial charge in [0, 0.05) is 20.6 Å². The van der Waals surface area contributed by atoms with Gasteiger partial charge in [-0.15, -0.1) is 0 Å². The summed E-state index contributed by atoms with van der Waals surface area (Å²) in [5.41, 5.74) is 0. The third-order valence-electron chi connectivity index (χ3n) is 2.43. The molecule has 5 heteroatoms. The molecule has 1 N–H and O–H groups in total. The summed E-state index contributed by atoms with van der Waals surface area (Å²) in [4.78, 5) is 0. The molecule has 1 atom stereocenters. The van der Waals surface area contributed by atoms with E-state index in [2.05, 4.69) is 12.2 Å². The summed E-state index contributed by atoms with van der Waals surface area (Å²) in [6.45, 7) is 3.20. The third-order valence-corrected chi connectivity index (χ3v) is 3.05. The quantitative estimate of drug-likeness (QED) is 0.458. The van der Waals surface area contributed by atoms with Crippen molar-refractivity contribution in [2.75, 3.05) is 27.8 Å². The summed E-state index contributed by atoms with van der Waals surface area (Å²) in [6.07, 6.45) is 1.79. The molecule has 1 unspecified atom stereocenters. The van der Waals surface area contributed by atoms with Gasteiger partial charge in [0.1, 0.15) is 0 Å². The zero-order chi connectivity index (χ0) is 11.0. The molecule has 86 valence electrons. The fraction of sp³-hybridized carbons (Fsp3) is 1.00. The molecule has 0 fully saturated rings. The molecule has 0 amide bonds. The highest BCUT2D eigenvalue weighted by Gasteiger charge is 2.28. The van der Waals surface area contributed by atoms with Crippen molar-refractivity contribution in [2.45, 2.75) is 25.7 Å². The van der Waals surface area contributed by atoms with E-state index >= 15 is 0 Å². The SMILES string of the molecule is CNCC(C)CCC(OC)(OC)O[SiH3]. The summed E-state index contributed by atoms with van der Waals surface area (Å²) in [6, 6.07) is 0. The van der Waals surface area contributed by atoms with Crippen LogP contribution in [0.3, 0.4) is 0 Å². The lowest BCUT2D eigenvalue weighted by Gasteiger charge is -2.30. The van der Waals surface area contributed by atoms with E-state index in [0.29, 0.717) is 16.4 Å². The average molecular weight is 221 g/mol. The first-order chi connectivity index (χ1) is 6.64. The van der Waals surface area contributed by atoms with Crippen LogP contribution in [0.1, 0.15) is 19.8 Å². The van der Waals surface area contributed by atoms with Crippen molar-refractivity contribution in [1.29, 1.82) is 0 Å². The first-order valence-electron chi connectivity index (χ1n) is 4.94. The van der Waals surface area contributed by atoms with E-state index in [1.807, 2.05) is 7.05 Å². The Morgan fingerprint density at radius 2 is 1.93 bits per heavy atom. The lowest BCUT2D eigenvalue weighted by molar-refractivity contribution is -0.325. The Hall–Kier alpha value is 0.0569. The van der Waals surface area contributed by atoms with Gasteiger partial charge in [-0.05, 0) is 25.9 Å². The molecular weight excluding hydrogens is 198 g/mol. The van der Waals surface area contributed by atoms with Crippen LogP contribution in [0.4, 0.5) is 0 Å². The zero-order valence-electron chi connectivity index (χ0n) is 9.92. The number of ether oxygens (including phenoxy) is 2. The van der Waals surface area contributed by atoms with Gasteiger partial charge in [0.2, 0.25) is 0 Å². The van der Waals surface area contributed by atoms with Crippen molar-refractivity contribution in [2.24, 2.45) is 5.92 Å². The van der Waals surface area contributed by atoms with Gasteiger partial charge in [0.05, 0.1) is 0 Å². The molecule has 0 radical (unpaired) electrons. The second kappa shape index (κ2) is 7.36. The number of rotatable bonds is 8. The molecule has 0 aromatic carbocycles. The summed E-state index contributed by atoms with van der Waals surface area (Å²) in [5, 5.41) is 3.14. The highest BCUT2D eigenvalue weighted by molar-refractivity contribution is 5.98. The lowest BCUT2D eigenvalue weighted by atomic mass is 10.0. The van der Waals surface area contributed by atoms with Crippen molar-refractivity contribution in [1.82, 2.24) is 5.32 Å². The van der Waals surface area contributed by atoms with Crippen molar-refractivity contribution in [3.8, 4) is 0 Å². The first-order valence-corrected chi connectivity index (χ1v) is 5.75. The second-order valence-corrected chi connectivity index (χ2v) is 3.91. The topological polar surface area (TPSA) is 39.7 Å². The van der Waals surface area contributed by atoms with Crippen LogP contribution < -0.4 is 5.32 Å². The Morgan fingerprint density at radius 1 is 1.36 bits per heavy atom. The fourth-order valence-corrected chi connectivity index (χ4v) is 1.97. The molecule has 0 aliphatic heterocycles. The summed E-state index contributed by atoms with van der Waals surface area (Å²) >= 11 is 0. The van der Waals surface area contributed by atoms with Gasteiger partial charge >= 0.3 is 0 Å². The number of methoxy groups -OCH3 is 2. The standard InChI is InChI=1S/C9H23NO3Si/c1-8(7-10-2)5-6-9(11-3,12-4)13-14/h8,10H,5-7H2,1-4,14H3. The molecule has 4 nitrogen and oxygen atoms in total. The third kappa shape index (κ3) is 4.52. The van der Waals surface area contributed by atoms with Crippen molar-refractivity contribution in [3.05, 3.63) is 0 Å². The Balaban J connectivity index is 3.92. The van der Waals surface area contributed by atoms with Crippen LogP contribution in [-0.2, 0) is 13.9 Å². The van der Waals surface area contributed by atoms with E-state index in [4.69, 9.17) is 13.9 Å². The minimum Gasteiger partial charge on any atom is -0.380 e. The summed E-state index contributed by atoms with van der Waals surface area (Å²) in [5.74, 6) is -0.213.